The molecule has 2 aromatic heterocycles. The van der Waals surface area contributed by atoms with Gasteiger partial charge in [0.2, 0.25) is 5.89 Å². The maximum Gasteiger partial charge on any atom is 0.329 e. The number of rotatable bonds is 7. The molecule has 0 aliphatic rings. The number of hydrogen-bond donors (Lipinski definition) is 1. The van der Waals surface area contributed by atoms with Gasteiger partial charge in [-0.3, -0.25) is 4.79 Å². The summed E-state index contributed by atoms with van der Waals surface area (Å²) in [6, 6.07) is 12.3. The van der Waals surface area contributed by atoms with E-state index in [1.54, 1.807) is 18.3 Å². The molecule has 0 aliphatic heterocycles. The molecule has 1 aromatic carbocycles. The second-order valence-electron chi connectivity index (χ2n) is 6.26. The molecule has 0 saturated heterocycles. The number of carbonyl (C=O) groups excluding carboxylic acids is 2. The van der Waals surface area contributed by atoms with Crippen LogP contribution in [0.2, 0.25) is 0 Å². The van der Waals surface area contributed by atoms with Gasteiger partial charge in [0, 0.05) is 5.56 Å². The minimum Gasteiger partial charge on any atom is -0.454 e. The second kappa shape index (κ2) is 8.64. The van der Waals surface area contributed by atoms with Crippen molar-refractivity contribution in [2.45, 2.75) is 26.5 Å². The molecule has 3 rings (SSSR count). The van der Waals surface area contributed by atoms with E-state index in [1.807, 2.05) is 49.6 Å². The van der Waals surface area contributed by atoms with Gasteiger partial charge in [0.1, 0.15) is 6.04 Å². The van der Waals surface area contributed by atoms with Crippen LogP contribution in [0.3, 0.4) is 0 Å². The van der Waals surface area contributed by atoms with Crippen molar-refractivity contribution in [2.75, 3.05) is 0 Å². The molecule has 0 fully saturated rings. The molecule has 27 heavy (non-hydrogen) atoms. The molecule has 0 unspecified atom stereocenters. The number of thiophene rings is 1. The molecule has 1 amide bonds. The summed E-state index contributed by atoms with van der Waals surface area (Å²) in [4.78, 5) is 29.3. The third-order valence-corrected chi connectivity index (χ3v) is 4.77. The average molecular weight is 384 g/mol. The first-order valence-corrected chi connectivity index (χ1v) is 9.43. The summed E-state index contributed by atoms with van der Waals surface area (Å²) < 4.78 is 10.9. The molecule has 1 atom stereocenters. The predicted molar refractivity (Wildman–Crippen MR) is 102 cm³/mol. The van der Waals surface area contributed by atoms with Crippen molar-refractivity contribution in [3.63, 3.8) is 0 Å². The summed E-state index contributed by atoms with van der Waals surface area (Å²) >= 11 is 1.32. The van der Waals surface area contributed by atoms with Crippen LogP contribution in [0, 0.1) is 5.92 Å². The molecule has 0 radical (unpaired) electrons. The van der Waals surface area contributed by atoms with E-state index in [4.69, 9.17) is 9.15 Å². The molecule has 6 nitrogen and oxygen atoms in total. The largest absolute Gasteiger partial charge is 0.454 e. The van der Waals surface area contributed by atoms with Crippen LogP contribution in [0.15, 0.2) is 58.5 Å². The molecule has 7 heteroatoms. The first kappa shape index (κ1) is 18.8. The number of benzene rings is 1. The molecule has 0 saturated carbocycles. The van der Waals surface area contributed by atoms with E-state index < -0.39 is 12.0 Å². The van der Waals surface area contributed by atoms with Gasteiger partial charge in [-0.25, -0.2) is 9.78 Å². The van der Waals surface area contributed by atoms with Gasteiger partial charge < -0.3 is 14.5 Å². The molecule has 3 aromatic rings. The van der Waals surface area contributed by atoms with Gasteiger partial charge in [-0.1, -0.05) is 50.2 Å². The fraction of sp³-hybridized carbons (Fsp3) is 0.250. The summed E-state index contributed by atoms with van der Waals surface area (Å²) in [7, 11) is 0. The van der Waals surface area contributed by atoms with E-state index in [0.29, 0.717) is 16.5 Å². The first-order valence-electron chi connectivity index (χ1n) is 8.55. The Morgan fingerprint density at radius 2 is 1.96 bits per heavy atom. The third-order valence-electron chi connectivity index (χ3n) is 3.90. The number of hydrogen-bond acceptors (Lipinski definition) is 6. The Morgan fingerprint density at radius 3 is 2.63 bits per heavy atom. The van der Waals surface area contributed by atoms with Crippen molar-refractivity contribution in [1.82, 2.24) is 10.3 Å². The Hall–Kier alpha value is -2.93. The van der Waals surface area contributed by atoms with Crippen molar-refractivity contribution < 1.29 is 18.7 Å². The number of esters is 1. The van der Waals surface area contributed by atoms with Crippen LogP contribution in [0.25, 0.3) is 11.3 Å². The van der Waals surface area contributed by atoms with Crippen LogP contribution in [0.5, 0.6) is 0 Å². The molecule has 0 bridgehead atoms. The van der Waals surface area contributed by atoms with Gasteiger partial charge in [-0.05, 0) is 17.4 Å². The fourth-order valence-electron chi connectivity index (χ4n) is 2.45. The summed E-state index contributed by atoms with van der Waals surface area (Å²) in [5.41, 5.74) is 0.894. The Bertz CT molecular complexity index is 888. The number of nitrogens with one attached hydrogen (secondary N) is 1. The van der Waals surface area contributed by atoms with Gasteiger partial charge in [-0.2, -0.15) is 0 Å². The first-order chi connectivity index (χ1) is 13.0. The minimum absolute atomic E-state index is 0.0935. The van der Waals surface area contributed by atoms with Crippen LogP contribution in [0.1, 0.15) is 29.4 Å². The van der Waals surface area contributed by atoms with E-state index in [9.17, 15) is 9.59 Å². The summed E-state index contributed by atoms with van der Waals surface area (Å²) in [6.45, 7) is 3.60. The zero-order valence-electron chi connectivity index (χ0n) is 15.0. The molecule has 1 N–H and O–H groups in total. The molecular weight excluding hydrogens is 364 g/mol. The van der Waals surface area contributed by atoms with Crippen LogP contribution in [-0.4, -0.2) is 22.9 Å². The fourth-order valence-corrected chi connectivity index (χ4v) is 3.08. The SMILES string of the molecule is CC(C)[C@H](NC(=O)c1cccs1)C(=O)OCc1ncc(-c2ccccc2)o1. The highest BCUT2D eigenvalue weighted by Crippen LogP contribution is 2.20. The van der Waals surface area contributed by atoms with Gasteiger partial charge in [-0.15, -0.1) is 11.3 Å². The normalized spacial score (nSPS) is 12.0. The van der Waals surface area contributed by atoms with E-state index in [2.05, 4.69) is 10.3 Å². The summed E-state index contributed by atoms with van der Waals surface area (Å²) in [6.07, 6.45) is 1.59. The van der Waals surface area contributed by atoms with Crippen molar-refractivity contribution >= 4 is 23.2 Å². The number of ether oxygens (including phenoxy) is 1. The molecule has 0 spiro atoms. The Morgan fingerprint density at radius 1 is 1.19 bits per heavy atom. The number of oxazole rings is 1. The highest BCUT2D eigenvalue weighted by molar-refractivity contribution is 7.12. The van der Waals surface area contributed by atoms with Crippen LogP contribution in [-0.2, 0) is 16.1 Å². The molecular formula is C20H20N2O4S. The number of amides is 1. The lowest BCUT2D eigenvalue weighted by molar-refractivity contribution is -0.149. The van der Waals surface area contributed by atoms with Gasteiger partial charge in [0.25, 0.3) is 5.91 Å². The van der Waals surface area contributed by atoms with Gasteiger partial charge >= 0.3 is 5.97 Å². The lowest BCUT2D eigenvalue weighted by atomic mass is 10.0. The quantitative estimate of drug-likeness (QED) is 0.625. The topological polar surface area (TPSA) is 81.4 Å². The van der Waals surface area contributed by atoms with Crippen molar-refractivity contribution in [1.29, 1.82) is 0 Å². The van der Waals surface area contributed by atoms with Crippen LogP contribution in [0.4, 0.5) is 0 Å². The van der Waals surface area contributed by atoms with Crippen LogP contribution < -0.4 is 5.32 Å². The summed E-state index contributed by atoms with van der Waals surface area (Å²) in [5, 5.41) is 4.54. The lowest BCUT2D eigenvalue weighted by Crippen LogP contribution is -2.45. The number of carbonyl (C=O) groups is 2. The highest BCUT2D eigenvalue weighted by Gasteiger charge is 2.27. The van der Waals surface area contributed by atoms with Crippen molar-refractivity contribution in [2.24, 2.45) is 5.92 Å². The van der Waals surface area contributed by atoms with Crippen molar-refractivity contribution in [3.05, 3.63) is 64.8 Å². The molecule has 140 valence electrons. The predicted octanol–water partition coefficient (Wildman–Crippen LogP) is 3.90. The van der Waals surface area contributed by atoms with Crippen LogP contribution >= 0.6 is 11.3 Å². The van der Waals surface area contributed by atoms with Gasteiger partial charge in [0.05, 0.1) is 11.1 Å². The van der Waals surface area contributed by atoms with E-state index >= 15 is 0 Å². The Balaban J connectivity index is 1.60. The van der Waals surface area contributed by atoms with Gasteiger partial charge in [0.15, 0.2) is 12.4 Å². The number of aromatic nitrogens is 1. The zero-order valence-corrected chi connectivity index (χ0v) is 15.9. The minimum atomic E-state index is -0.747. The third kappa shape index (κ3) is 4.83. The average Bonchev–Trinajstić information content (AvgIpc) is 3.36. The van der Waals surface area contributed by atoms with Crippen molar-refractivity contribution in [3.8, 4) is 11.3 Å². The zero-order chi connectivity index (χ0) is 19.2. The smallest absolute Gasteiger partial charge is 0.329 e. The Kier molecular flexibility index (Phi) is 6.03. The van der Waals surface area contributed by atoms with E-state index in [1.165, 1.54) is 11.3 Å². The molecule has 0 aliphatic carbocycles. The standard InChI is InChI=1S/C20H20N2O4S/c1-13(2)18(22-19(23)16-9-6-10-27-16)20(24)25-12-17-21-11-15(26-17)14-7-4-3-5-8-14/h3-11,13,18H,12H2,1-2H3,(H,22,23)/t18-/m0/s1. The summed E-state index contributed by atoms with van der Waals surface area (Å²) in [5.74, 6) is -0.0225. The Labute approximate surface area is 161 Å². The maximum absolute atomic E-state index is 12.4. The molecule has 2 heterocycles. The lowest BCUT2D eigenvalue weighted by Gasteiger charge is -2.20. The maximum atomic E-state index is 12.4. The number of nitrogens with zero attached hydrogens (tertiary/aromatic N) is 1. The van der Waals surface area contributed by atoms with E-state index in [0.717, 1.165) is 5.56 Å². The highest BCUT2D eigenvalue weighted by atomic mass is 32.1. The monoisotopic (exact) mass is 384 g/mol. The second-order valence-corrected chi connectivity index (χ2v) is 7.21. The van der Waals surface area contributed by atoms with E-state index in [-0.39, 0.29) is 18.4 Å².